The second-order valence-corrected chi connectivity index (χ2v) is 8.11. The van der Waals surface area contributed by atoms with Gasteiger partial charge in [0.15, 0.2) is 17.2 Å². The van der Waals surface area contributed by atoms with Crippen molar-refractivity contribution in [1.82, 2.24) is 19.2 Å². The van der Waals surface area contributed by atoms with Crippen LogP contribution in [0.1, 0.15) is 46.1 Å². The van der Waals surface area contributed by atoms with Crippen LogP contribution in [0.4, 0.5) is 8.78 Å². The molecule has 0 aliphatic heterocycles. The number of hydrogen-bond donors (Lipinski definition) is 1. The molecular weight excluding hydrogens is 430 g/mol. The summed E-state index contributed by atoms with van der Waals surface area (Å²) >= 11 is 0. The van der Waals surface area contributed by atoms with E-state index in [1.807, 2.05) is 0 Å². The molecule has 0 radical (unpaired) electrons. The van der Waals surface area contributed by atoms with E-state index >= 15 is 0 Å². The molecule has 5 rings (SSSR count). The molecule has 33 heavy (non-hydrogen) atoms. The fourth-order valence-electron chi connectivity index (χ4n) is 3.90. The molecule has 1 saturated carbocycles. The van der Waals surface area contributed by atoms with Crippen molar-refractivity contribution in [3.8, 4) is 5.75 Å². The number of pyridine rings is 1. The molecule has 1 fully saturated rings. The average molecular weight is 452 g/mol. The molecule has 7 nitrogen and oxygen atoms in total. The van der Waals surface area contributed by atoms with Crippen molar-refractivity contribution in [1.29, 1.82) is 0 Å². The number of hydrogen-bond acceptors (Lipinski definition) is 5. The van der Waals surface area contributed by atoms with E-state index in [1.165, 1.54) is 18.2 Å². The molecule has 0 saturated heterocycles. The number of aliphatic hydroxyl groups excluding tert-OH is 1. The average Bonchev–Trinajstić information content (AvgIpc) is 3.42. The van der Waals surface area contributed by atoms with E-state index < -0.39 is 11.6 Å². The first-order chi connectivity index (χ1) is 16.0. The number of carbonyl (C=O) groups excluding carboxylic acids is 1. The van der Waals surface area contributed by atoms with Crippen molar-refractivity contribution in [2.24, 2.45) is 0 Å². The number of carbonyl (C=O) groups is 1. The predicted molar refractivity (Wildman–Crippen MR) is 115 cm³/mol. The monoisotopic (exact) mass is 452 g/mol. The Labute approximate surface area is 188 Å². The minimum absolute atomic E-state index is 0.0340. The summed E-state index contributed by atoms with van der Waals surface area (Å²) in [7, 11) is 0. The van der Waals surface area contributed by atoms with E-state index in [-0.39, 0.29) is 36.9 Å². The number of fused-ring (bicyclic) bond motifs is 1. The lowest BCUT2D eigenvalue weighted by Gasteiger charge is -2.09. The molecule has 3 aromatic heterocycles. The number of aliphatic hydroxyl groups is 1. The van der Waals surface area contributed by atoms with Crippen LogP contribution < -0.4 is 4.74 Å². The van der Waals surface area contributed by atoms with Crippen LogP contribution >= 0.6 is 0 Å². The Hall–Kier alpha value is -3.59. The van der Waals surface area contributed by atoms with Gasteiger partial charge in [-0.3, -0.25) is 13.9 Å². The highest BCUT2D eigenvalue weighted by Crippen LogP contribution is 2.42. The van der Waals surface area contributed by atoms with Gasteiger partial charge in [0.1, 0.15) is 23.9 Å². The first kappa shape index (κ1) is 21.3. The fourth-order valence-corrected chi connectivity index (χ4v) is 3.90. The summed E-state index contributed by atoms with van der Waals surface area (Å²) in [4.78, 5) is 18.0. The number of ketones is 1. The third-order valence-electron chi connectivity index (χ3n) is 5.68. The van der Waals surface area contributed by atoms with Gasteiger partial charge >= 0.3 is 0 Å². The number of nitrogens with zero attached hydrogens (tertiary/aromatic N) is 4. The maximum absolute atomic E-state index is 14.0. The molecule has 4 aromatic rings. The van der Waals surface area contributed by atoms with Crippen molar-refractivity contribution in [2.45, 2.75) is 38.3 Å². The van der Waals surface area contributed by atoms with E-state index in [4.69, 9.17) is 14.8 Å². The fraction of sp³-hybridized carbons (Fsp3) is 0.292. The molecule has 0 amide bonds. The third-order valence-corrected chi connectivity index (χ3v) is 5.68. The van der Waals surface area contributed by atoms with Gasteiger partial charge in [0.25, 0.3) is 0 Å². The number of benzene rings is 1. The number of halogens is 2. The molecule has 1 aliphatic carbocycles. The van der Waals surface area contributed by atoms with Crippen LogP contribution in [0.25, 0.3) is 5.65 Å². The first-order valence-electron chi connectivity index (χ1n) is 10.8. The molecule has 1 aromatic carbocycles. The highest BCUT2D eigenvalue weighted by atomic mass is 19.1. The summed E-state index contributed by atoms with van der Waals surface area (Å²) in [6.07, 6.45) is 7.15. The summed E-state index contributed by atoms with van der Waals surface area (Å²) < 4.78 is 37.1. The van der Waals surface area contributed by atoms with E-state index in [1.54, 1.807) is 39.8 Å². The van der Waals surface area contributed by atoms with Gasteiger partial charge in [-0.1, -0.05) is 6.07 Å². The molecule has 1 N–H and O–H groups in total. The zero-order valence-electron chi connectivity index (χ0n) is 17.7. The van der Waals surface area contributed by atoms with Gasteiger partial charge in [0.2, 0.25) is 0 Å². The van der Waals surface area contributed by atoms with Crippen LogP contribution in [0.3, 0.4) is 0 Å². The van der Waals surface area contributed by atoms with E-state index in [0.717, 1.165) is 24.1 Å². The summed E-state index contributed by atoms with van der Waals surface area (Å²) in [6.45, 7) is 0.0330. The zero-order chi connectivity index (χ0) is 22.9. The van der Waals surface area contributed by atoms with Gasteiger partial charge in [0, 0.05) is 24.7 Å². The maximum atomic E-state index is 14.0. The Morgan fingerprint density at radius 2 is 1.97 bits per heavy atom. The SMILES string of the molecule is O=C(Cc1cnn(CCO)c1)c1c(C2CC2)nc2c(OCc3c(F)cccc3F)cccn12. The van der Waals surface area contributed by atoms with E-state index in [9.17, 15) is 13.6 Å². The standard InChI is InChI=1S/C24H22F2N4O3/c25-18-3-1-4-19(26)17(18)14-33-21-5-2-8-30-23(22(16-6-7-16)28-24(21)30)20(32)11-15-12-27-29(13-15)9-10-31/h1-5,8,12-13,16,31H,6-7,9-11,14H2. The van der Waals surface area contributed by atoms with Gasteiger partial charge in [0.05, 0.1) is 30.6 Å². The molecule has 3 heterocycles. The van der Waals surface area contributed by atoms with Crippen molar-refractivity contribution in [2.75, 3.05) is 6.61 Å². The van der Waals surface area contributed by atoms with Crippen molar-refractivity contribution < 1.29 is 23.4 Å². The lowest BCUT2D eigenvalue weighted by atomic mass is 10.1. The summed E-state index contributed by atoms with van der Waals surface area (Å²) in [5, 5.41) is 13.2. The molecule has 9 heteroatoms. The van der Waals surface area contributed by atoms with Crippen LogP contribution in [-0.4, -0.2) is 36.7 Å². The van der Waals surface area contributed by atoms with Crippen molar-refractivity contribution in [3.05, 3.63) is 83.1 Å². The van der Waals surface area contributed by atoms with Crippen LogP contribution in [-0.2, 0) is 19.6 Å². The van der Waals surface area contributed by atoms with Crippen LogP contribution in [0.15, 0.2) is 48.9 Å². The van der Waals surface area contributed by atoms with E-state index in [0.29, 0.717) is 23.6 Å². The highest BCUT2D eigenvalue weighted by molar-refractivity contribution is 5.98. The van der Waals surface area contributed by atoms with Gasteiger partial charge in [-0.15, -0.1) is 0 Å². The number of imidazole rings is 1. The number of ether oxygens (including phenoxy) is 1. The lowest BCUT2D eigenvalue weighted by Crippen LogP contribution is -2.10. The molecular formula is C24H22F2N4O3. The van der Waals surface area contributed by atoms with Gasteiger partial charge in [-0.2, -0.15) is 5.10 Å². The highest BCUT2D eigenvalue weighted by Gasteiger charge is 2.33. The topological polar surface area (TPSA) is 81.7 Å². The Morgan fingerprint density at radius 1 is 1.18 bits per heavy atom. The number of rotatable bonds is 9. The second kappa shape index (κ2) is 8.74. The summed E-state index contributed by atoms with van der Waals surface area (Å²) in [6, 6.07) is 7.06. The normalized spacial score (nSPS) is 13.5. The van der Waals surface area contributed by atoms with Gasteiger partial charge in [-0.05, 0) is 42.7 Å². The minimum atomic E-state index is -0.679. The van der Waals surface area contributed by atoms with Crippen LogP contribution in [0.5, 0.6) is 5.75 Å². The smallest absolute Gasteiger partial charge is 0.185 e. The number of Topliss-reactive ketones (excluding diaryl/α,β-unsaturated/α-hetero) is 1. The lowest BCUT2D eigenvalue weighted by molar-refractivity contribution is 0.0986. The Morgan fingerprint density at radius 3 is 2.70 bits per heavy atom. The number of aromatic nitrogens is 4. The second-order valence-electron chi connectivity index (χ2n) is 8.11. The molecule has 0 bridgehead atoms. The molecule has 170 valence electrons. The van der Waals surface area contributed by atoms with E-state index in [2.05, 4.69) is 5.10 Å². The van der Waals surface area contributed by atoms with Gasteiger partial charge < -0.3 is 9.84 Å². The summed E-state index contributed by atoms with van der Waals surface area (Å²) in [5.74, 6) is -0.914. The molecule has 0 unspecified atom stereocenters. The molecule has 1 aliphatic rings. The van der Waals surface area contributed by atoms with Crippen molar-refractivity contribution in [3.63, 3.8) is 0 Å². The Kier molecular flexibility index (Phi) is 5.63. The Bertz CT molecular complexity index is 1310. The third kappa shape index (κ3) is 4.23. The van der Waals surface area contributed by atoms with Crippen LogP contribution in [0.2, 0.25) is 0 Å². The molecule has 0 spiro atoms. The molecule has 0 atom stereocenters. The largest absolute Gasteiger partial charge is 0.485 e. The minimum Gasteiger partial charge on any atom is -0.485 e. The summed E-state index contributed by atoms with van der Waals surface area (Å²) in [5.41, 5.74) is 2.23. The van der Waals surface area contributed by atoms with Crippen LogP contribution in [0, 0.1) is 11.6 Å². The first-order valence-corrected chi connectivity index (χ1v) is 10.8. The maximum Gasteiger partial charge on any atom is 0.185 e. The zero-order valence-corrected chi connectivity index (χ0v) is 17.7. The Balaban J connectivity index is 1.46. The quantitative estimate of drug-likeness (QED) is 0.392. The predicted octanol–water partition coefficient (Wildman–Crippen LogP) is 3.68. The van der Waals surface area contributed by atoms with Crippen molar-refractivity contribution >= 4 is 11.4 Å². The van der Waals surface area contributed by atoms with Gasteiger partial charge in [-0.25, -0.2) is 13.8 Å².